The van der Waals surface area contributed by atoms with Gasteiger partial charge in [-0.25, -0.2) is 15.5 Å². The first-order valence-corrected chi connectivity index (χ1v) is 5.08. The summed E-state index contributed by atoms with van der Waals surface area (Å²) in [6.45, 7) is 0. The van der Waals surface area contributed by atoms with Gasteiger partial charge >= 0.3 is 0 Å². The van der Waals surface area contributed by atoms with Gasteiger partial charge in [-0.2, -0.15) is 20.1 Å². The molecule has 0 aromatic carbocycles. The minimum atomic E-state index is 0.249. The van der Waals surface area contributed by atoms with Gasteiger partial charge in [0.1, 0.15) is 6.33 Å². The maximum absolute atomic E-state index is 5.34. The Balaban J connectivity index is 2.13. The average molecular weight is 243 g/mol. The molecule has 3 N–H and O–H groups in total. The molecule has 0 aliphatic rings. The molecule has 0 aliphatic heterocycles. The molecule has 0 aliphatic carbocycles. The summed E-state index contributed by atoms with van der Waals surface area (Å²) in [6.07, 6.45) is 8.31. The Labute approximate surface area is 101 Å². The number of anilines is 1. The van der Waals surface area contributed by atoms with E-state index in [0.29, 0.717) is 11.9 Å². The number of hydrogen-bond acceptors (Lipinski definition) is 7. The second-order valence-electron chi connectivity index (χ2n) is 3.32. The topological polar surface area (TPSA) is 112 Å². The standard InChI is InChI=1S/C9H9N9/c10-16-7-13-8(17-5-3-11-6-17)15-9(14-7)18-4-1-2-12-18/h1-6H,10H2,(H,13,14,15,16). The maximum atomic E-state index is 5.34. The predicted octanol–water partition coefficient (Wildman–Crippen LogP) is -0.471. The number of aromatic nitrogens is 7. The molecule has 3 heterocycles. The van der Waals surface area contributed by atoms with Crippen LogP contribution < -0.4 is 11.3 Å². The van der Waals surface area contributed by atoms with Gasteiger partial charge in [0.2, 0.25) is 11.9 Å². The highest BCUT2D eigenvalue weighted by atomic mass is 15.4. The summed E-state index contributed by atoms with van der Waals surface area (Å²) in [5.41, 5.74) is 2.39. The van der Waals surface area contributed by atoms with E-state index in [-0.39, 0.29) is 5.95 Å². The van der Waals surface area contributed by atoms with E-state index in [2.05, 4.69) is 30.5 Å². The van der Waals surface area contributed by atoms with E-state index < -0.39 is 0 Å². The molecule has 18 heavy (non-hydrogen) atoms. The second kappa shape index (κ2) is 4.22. The van der Waals surface area contributed by atoms with Gasteiger partial charge in [-0.15, -0.1) is 0 Å². The molecule has 3 rings (SSSR count). The van der Waals surface area contributed by atoms with Gasteiger partial charge in [0.05, 0.1) is 0 Å². The van der Waals surface area contributed by atoms with Crippen LogP contribution in [-0.4, -0.2) is 34.3 Å². The molecular weight excluding hydrogens is 234 g/mol. The number of nitrogens with one attached hydrogen (secondary N) is 1. The van der Waals surface area contributed by atoms with Crippen LogP contribution in [0.1, 0.15) is 0 Å². The van der Waals surface area contributed by atoms with Gasteiger partial charge in [-0.05, 0) is 6.07 Å². The Morgan fingerprint density at radius 2 is 1.94 bits per heavy atom. The van der Waals surface area contributed by atoms with Crippen molar-refractivity contribution in [2.24, 2.45) is 5.84 Å². The van der Waals surface area contributed by atoms with Gasteiger partial charge in [0.15, 0.2) is 0 Å². The summed E-state index contributed by atoms with van der Waals surface area (Å²) in [5.74, 6) is 6.36. The van der Waals surface area contributed by atoms with Gasteiger partial charge < -0.3 is 0 Å². The van der Waals surface area contributed by atoms with E-state index in [9.17, 15) is 0 Å². The first-order chi connectivity index (χ1) is 8.86. The molecule has 0 radical (unpaired) electrons. The molecule has 9 nitrogen and oxygen atoms in total. The van der Waals surface area contributed by atoms with E-state index >= 15 is 0 Å². The molecule has 9 heteroatoms. The first kappa shape index (κ1) is 10.4. The normalized spacial score (nSPS) is 10.5. The third-order valence-electron chi connectivity index (χ3n) is 2.19. The monoisotopic (exact) mass is 243 g/mol. The minimum absolute atomic E-state index is 0.249. The lowest BCUT2D eigenvalue weighted by atomic mass is 10.7. The molecule has 0 saturated heterocycles. The fourth-order valence-electron chi connectivity index (χ4n) is 1.40. The lowest BCUT2D eigenvalue weighted by molar-refractivity contribution is 0.775. The molecular formula is C9H9N9. The SMILES string of the molecule is NNc1nc(-n2ccnc2)nc(-n2cccn2)n1. The van der Waals surface area contributed by atoms with Crippen molar-refractivity contribution >= 4 is 5.95 Å². The van der Waals surface area contributed by atoms with Crippen molar-refractivity contribution in [3.8, 4) is 11.9 Å². The summed E-state index contributed by atoms with van der Waals surface area (Å²) >= 11 is 0. The highest BCUT2D eigenvalue weighted by molar-refractivity contribution is 5.31. The quantitative estimate of drug-likeness (QED) is 0.472. The van der Waals surface area contributed by atoms with Crippen molar-refractivity contribution in [2.75, 3.05) is 5.43 Å². The first-order valence-electron chi connectivity index (χ1n) is 5.08. The molecule has 0 spiro atoms. The zero-order valence-corrected chi connectivity index (χ0v) is 9.17. The van der Waals surface area contributed by atoms with E-state index in [4.69, 9.17) is 5.84 Å². The van der Waals surface area contributed by atoms with E-state index in [0.717, 1.165) is 0 Å². The summed E-state index contributed by atoms with van der Waals surface area (Å²) in [6, 6.07) is 1.77. The van der Waals surface area contributed by atoms with Crippen LogP contribution in [0, 0.1) is 0 Å². The third kappa shape index (κ3) is 1.78. The van der Waals surface area contributed by atoms with Crippen molar-refractivity contribution in [2.45, 2.75) is 0 Å². The van der Waals surface area contributed by atoms with E-state index in [1.165, 1.54) is 4.68 Å². The average Bonchev–Trinajstić information content (AvgIpc) is 3.10. The molecule has 3 aromatic heterocycles. The summed E-state index contributed by atoms with van der Waals surface area (Å²) in [4.78, 5) is 16.4. The fraction of sp³-hybridized carbons (Fsp3) is 0. The number of nitrogen functional groups attached to an aromatic ring is 1. The largest absolute Gasteiger partial charge is 0.292 e. The second-order valence-corrected chi connectivity index (χ2v) is 3.32. The number of hydrogen-bond donors (Lipinski definition) is 2. The van der Waals surface area contributed by atoms with E-state index in [1.54, 1.807) is 41.7 Å². The molecule has 0 amide bonds. The smallest absolute Gasteiger partial charge is 0.257 e. The van der Waals surface area contributed by atoms with Gasteiger partial charge in [0, 0.05) is 24.8 Å². The zero-order valence-electron chi connectivity index (χ0n) is 9.17. The maximum Gasteiger partial charge on any atom is 0.257 e. The Morgan fingerprint density at radius 3 is 2.61 bits per heavy atom. The van der Waals surface area contributed by atoms with Gasteiger partial charge in [-0.1, -0.05) is 0 Å². The number of imidazole rings is 1. The molecule has 90 valence electrons. The van der Waals surface area contributed by atoms with Crippen LogP contribution in [0.5, 0.6) is 0 Å². The van der Waals surface area contributed by atoms with Crippen molar-refractivity contribution in [3.05, 3.63) is 37.2 Å². The van der Waals surface area contributed by atoms with Crippen LogP contribution in [0.3, 0.4) is 0 Å². The van der Waals surface area contributed by atoms with Crippen molar-refractivity contribution in [1.82, 2.24) is 34.3 Å². The molecule has 0 bridgehead atoms. The van der Waals surface area contributed by atoms with Crippen LogP contribution in [0.25, 0.3) is 11.9 Å². The zero-order chi connectivity index (χ0) is 12.4. The Kier molecular flexibility index (Phi) is 2.43. The molecule has 0 saturated carbocycles. The Morgan fingerprint density at radius 1 is 1.06 bits per heavy atom. The van der Waals surface area contributed by atoms with Gasteiger partial charge in [0.25, 0.3) is 5.95 Å². The van der Waals surface area contributed by atoms with Crippen LogP contribution in [0.15, 0.2) is 37.2 Å². The lowest BCUT2D eigenvalue weighted by Gasteiger charge is -2.06. The highest BCUT2D eigenvalue weighted by Crippen LogP contribution is 2.07. The van der Waals surface area contributed by atoms with Crippen molar-refractivity contribution in [1.29, 1.82) is 0 Å². The summed E-state index contributed by atoms with van der Waals surface area (Å²) in [5, 5.41) is 4.05. The molecule has 0 fully saturated rings. The van der Waals surface area contributed by atoms with E-state index in [1.807, 2.05) is 0 Å². The predicted molar refractivity (Wildman–Crippen MR) is 61.9 cm³/mol. The fourth-order valence-corrected chi connectivity index (χ4v) is 1.40. The number of rotatable bonds is 3. The van der Waals surface area contributed by atoms with Gasteiger partial charge in [-0.3, -0.25) is 9.99 Å². The Hall–Kier alpha value is -2.81. The lowest BCUT2D eigenvalue weighted by Crippen LogP contribution is -2.16. The van der Waals surface area contributed by atoms with Crippen LogP contribution in [-0.2, 0) is 0 Å². The molecule has 3 aromatic rings. The number of nitrogens with zero attached hydrogens (tertiary/aromatic N) is 7. The highest BCUT2D eigenvalue weighted by Gasteiger charge is 2.08. The van der Waals surface area contributed by atoms with Crippen LogP contribution in [0.4, 0.5) is 5.95 Å². The van der Waals surface area contributed by atoms with Crippen LogP contribution >= 0.6 is 0 Å². The third-order valence-corrected chi connectivity index (χ3v) is 2.19. The summed E-state index contributed by atoms with van der Waals surface area (Å²) < 4.78 is 3.17. The van der Waals surface area contributed by atoms with Crippen molar-refractivity contribution in [3.63, 3.8) is 0 Å². The summed E-state index contributed by atoms with van der Waals surface area (Å²) in [7, 11) is 0. The number of hydrazine groups is 1. The minimum Gasteiger partial charge on any atom is -0.292 e. The molecule has 0 unspecified atom stereocenters. The molecule has 0 atom stereocenters. The number of nitrogens with two attached hydrogens (primary N) is 1. The van der Waals surface area contributed by atoms with Crippen molar-refractivity contribution < 1.29 is 0 Å². The van der Waals surface area contributed by atoms with Crippen LogP contribution in [0.2, 0.25) is 0 Å². The Bertz CT molecular complexity index is 576.